The van der Waals surface area contributed by atoms with Gasteiger partial charge >= 0.3 is 0 Å². The van der Waals surface area contributed by atoms with E-state index >= 15 is 0 Å². The predicted octanol–water partition coefficient (Wildman–Crippen LogP) is 4.28. The molecular formula is C16H16BrNOS. The lowest BCUT2D eigenvalue weighted by molar-refractivity contribution is 0.0955. The molecule has 0 atom stereocenters. The zero-order valence-electron chi connectivity index (χ0n) is 11.2. The molecule has 1 N–H and O–H groups in total. The maximum absolute atomic E-state index is 12.1. The van der Waals surface area contributed by atoms with Crippen LogP contribution in [0.5, 0.6) is 0 Å². The smallest absolute Gasteiger partial charge is 0.251 e. The van der Waals surface area contributed by atoms with Gasteiger partial charge in [-0.3, -0.25) is 4.79 Å². The van der Waals surface area contributed by atoms with Crippen molar-refractivity contribution in [3.8, 4) is 0 Å². The highest BCUT2D eigenvalue weighted by Crippen LogP contribution is 2.17. The molecule has 0 aliphatic carbocycles. The van der Waals surface area contributed by atoms with Crippen LogP contribution < -0.4 is 5.32 Å². The van der Waals surface area contributed by atoms with E-state index in [-0.39, 0.29) is 5.91 Å². The number of carbonyl (C=O) groups excluding carboxylic acids is 1. The minimum atomic E-state index is -0.0162. The van der Waals surface area contributed by atoms with Crippen molar-refractivity contribution in [2.75, 3.05) is 12.3 Å². The summed E-state index contributed by atoms with van der Waals surface area (Å²) >= 11 is 5.13. The minimum absolute atomic E-state index is 0.0162. The maximum Gasteiger partial charge on any atom is 0.251 e. The van der Waals surface area contributed by atoms with Crippen molar-refractivity contribution in [3.63, 3.8) is 0 Å². The number of carbonyl (C=O) groups is 1. The van der Waals surface area contributed by atoms with Crippen molar-refractivity contribution in [2.45, 2.75) is 11.8 Å². The molecular weight excluding hydrogens is 334 g/mol. The summed E-state index contributed by atoms with van der Waals surface area (Å²) in [5.74, 6) is 0.848. The molecule has 20 heavy (non-hydrogen) atoms. The summed E-state index contributed by atoms with van der Waals surface area (Å²) in [4.78, 5) is 13.3. The highest BCUT2D eigenvalue weighted by molar-refractivity contribution is 9.10. The molecule has 4 heteroatoms. The van der Waals surface area contributed by atoms with Crippen molar-refractivity contribution in [1.29, 1.82) is 0 Å². The van der Waals surface area contributed by atoms with Gasteiger partial charge in [0.05, 0.1) is 0 Å². The number of halogens is 1. The summed E-state index contributed by atoms with van der Waals surface area (Å²) in [5.41, 5.74) is 1.71. The monoisotopic (exact) mass is 349 g/mol. The minimum Gasteiger partial charge on any atom is -0.351 e. The largest absolute Gasteiger partial charge is 0.351 e. The summed E-state index contributed by atoms with van der Waals surface area (Å²) < 4.78 is 0.923. The zero-order chi connectivity index (χ0) is 14.4. The van der Waals surface area contributed by atoms with Crippen molar-refractivity contribution in [3.05, 3.63) is 64.1 Å². The third-order valence-corrected chi connectivity index (χ3v) is 4.35. The average Bonchev–Trinajstić information content (AvgIpc) is 2.47. The first kappa shape index (κ1) is 15.1. The van der Waals surface area contributed by atoms with Gasteiger partial charge < -0.3 is 5.32 Å². The van der Waals surface area contributed by atoms with Crippen LogP contribution in [0, 0.1) is 6.92 Å². The van der Waals surface area contributed by atoms with E-state index in [2.05, 4.69) is 33.4 Å². The molecule has 2 aromatic carbocycles. The van der Waals surface area contributed by atoms with Crippen LogP contribution in [0.15, 0.2) is 57.9 Å². The molecule has 0 fully saturated rings. The molecule has 0 radical (unpaired) electrons. The lowest BCUT2D eigenvalue weighted by Crippen LogP contribution is -2.26. The van der Waals surface area contributed by atoms with Crippen LogP contribution in [-0.2, 0) is 0 Å². The van der Waals surface area contributed by atoms with Gasteiger partial charge in [-0.2, -0.15) is 0 Å². The van der Waals surface area contributed by atoms with Crippen molar-refractivity contribution < 1.29 is 4.79 Å². The molecule has 2 aromatic rings. The van der Waals surface area contributed by atoms with Gasteiger partial charge in [0.15, 0.2) is 0 Å². The Kier molecular flexibility index (Phi) is 5.68. The first-order chi connectivity index (χ1) is 9.66. The molecule has 2 rings (SSSR count). The number of aryl methyl sites for hydroxylation is 1. The molecule has 2 nitrogen and oxygen atoms in total. The Morgan fingerprint density at radius 3 is 2.70 bits per heavy atom. The molecule has 0 unspecified atom stereocenters. The summed E-state index contributed by atoms with van der Waals surface area (Å²) in [5, 5.41) is 2.96. The molecule has 0 aliphatic heterocycles. The standard InChI is InChI=1S/C16H16BrNOS/c1-12-7-8-13(17)11-15(12)16(19)18-9-10-20-14-5-3-2-4-6-14/h2-8,11H,9-10H2,1H3,(H,18,19). The third-order valence-electron chi connectivity index (χ3n) is 2.84. The topological polar surface area (TPSA) is 29.1 Å². The quantitative estimate of drug-likeness (QED) is 0.644. The molecule has 104 valence electrons. The molecule has 0 saturated carbocycles. The summed E-state index contributed by atoms with van der Waals surface area (Å²) in [6.45, 7) is 2.60. The van der Waals surface area contributed by atoms with Crippen LogP contribution in [0.2, 0.25) is 0 Å². The first-order valence-corrected chi connectivity index (χ1v) is 8.17. The fourth-order valence-electron chi connectivity index (χ4n) is 1.78. The van der Waals surface area contributed by atoms with E-state index < -0.39 is 0 Å². The number of nitrogens with one attached hydrogen (secondary N) is 1. The summed E-state index contributed by atoms with van der Waals surface area (Å²) in [6, 6.07) is 15.9. The Labute approximate surface area is 132 Å². The second kappa shape index (κ2) is 7.50. The highest BCUT2D eigenvalue weighted by atomic mass is 79.9. The normalized spacial score (nSPS) is 10.3. The molecule has 0 bridgehead atoms. The Bertz CT molecular complexity index is 586. The van der Waals surface area contributed by atoms with Crippen LogP contribution >= 0.6 is 27.7 Å². The van der Waals surface area contributed by atoms with E-state index in [1.807, 2.05) is 43.3 Å². The van der Waals surface area contributed by atoms with E-state index in [9.17, 15) is 4.79 Å². The van der Waals surface area contributed by atoms with Gasteiger partial charge in [0, 0.05) is 27.2 Å². The van der Waals surface area contributed by atoms with E-state index in [0.29, 0.717) is 6.54 Å². The predicted molar refractivity (Wildman–Crippen MR) is 88.4 cm³/mol. The second-order valence-corrected chi connectivity index (χ2v) is 6.46. The van der Waals surface area contributed by atoms with Gasteiger partial charge in [-0.1, -0.05) is 40.2 Å². The Hall–Kier alpha value is -1.26. The van der Waals surface area contributed by atoms with Crippen molar-refractivity contribution >= 4 is 33.6 Å². The molecule has 0 aromatic heterocycles. The first-order valence-electron chi connectivity index (χ1n) is 6.39. The molecule has 1 amide bonds. The van der Waals surface area contributed by atoms with Crippen LogP contribution in [0.1, 0.15) is 15.9 Å². The second-order valence-electron chi connectivity index (χ2n) is 4.38. The Morgan fingerprint density at radius 2 is 1.95 bits per heavy atom. The number of rotatable bonds is 5. The third kappa shape index (κ3) is 4.39. The lowest BCUT2D eigenvalue weighted by atomic mass is 10.1. The number of amides is 1. The van der Waals surface area contributed by atoms with Gasteiger partial charge in [-0.05, 0) is 36.8 Å². The molecule has 0 aliphatic rings. The van der Waals surface area contributed by atoms with Crippen LogP contribution in [0.4, 0.5) is 0 Å². The fraction of sp³-hybridized carbons (Fsp3) is 0.188. The van der Waals surface area contributed by atoms with Crippen molar-refractivity contribution in [1.82, 2.24) is 5.32 Å². The SMILES string of the molecule is Cc1ccc(Br)cc1C(=O)NCCSc1ccccc1. The van der Waals surface area contributed by atoms with Crippen LogP contribution in [0.25, 0.3) is 0 Å². The van der Waals surface area contributed by atoms with E-state index in [1.54, 1.807) is 11.8 Å². The van der Waals surface area contributed by atoms with Gasteiger partial charge in [0.25, 0.3) is 5.91 Å². The fourth-order valence-corrected chi connectivity index (χ4v) is 2.93. The van der Waals surface area contributed by atoms with E-state index in [1.165, 1.54) is 4.90 Å². The molecule has 0 saturated heterocycles. The Morgan fingerprint density at radius 1 is 1.20 bits per heavy atom. The van der Waals surface area contributed by atoms with Crippen molar-refractivity contribution in [2.24, 2.45) is 0 Å². The van der Waals surface area contributed by atoms with Gasteiger partial charge in [0.1, 0.15) is 0 Å². The van der Waals surface area contributed by atoms with Crippen LogP contribution in [-0.4, -0.2) is 18.2 Å². The summed E-state index contributed by atoms with van der Waals surface area (Å²) in [7, 11) is 0. The number of hydrogen-bond donors (Lipinski definition) is 1. The van der Waals surface area contributed by atoms with E-state index in [4.69, 9.17) is 0 Å². The van der Waals surface area contributed by atoms with Gasteiger partial charge in [-0.15, -0.1) is 11.8 Å². The zero-order valence-corrected chi connectivity index (χ0v) is 13.6. The highest BCUT2D eigenvalue weighted by Gasteiger charge is 2.08. The lowest BCUT2D eigenvalue weighted by Gasteiger charge is -2.08. The number of hydrogen-bond acceptors (Lipinski definition) is 2. The summed E-state index contributed by atoms with van der Waals surface area (Å²) in [6.07, 6.45) is 0. The number of benzene rings is 2. The number of thioether (sulfide) groups is 1. The van der Waals surface area contributed by atoms with Gasteiger partial charge in [0.2, 0.25) is 0 Å². The molecule has 0 spiro atoms. The van der Waals surface area contributed by atoms with Crippen LogP contribution in [0.3, 0.4) is 0 Å². The molecule has 0 heterocycles. The van der Waals surface area contributed by atoms with E-state index in [0.717, 1.165) is 21.4 Å². The maximum atomic E-state index is 12.1. The average molecular weight is 350 g/mol. The Balaban J connectivity index is 1.82. The van der Waals surface area contributed by atoms with Gasteiger partial charge in [-0.25, -0.2) is 0 Å².